The molecule has 0 aliphatic heterocycles. The number of allylic oxidation sites excluding steroid dienone is 1. The summed E-state index contributed by atoms with van der Waals surface area (Å²) >= 11 is 5.84. The number of Topliss-reactive ketones (excluding diaryl/α,β-unsaturated/α-hetero) is 2. The van der Waals surface area contributed by atoms with Crippen LogP contribution >= 0.6 is 11.6 Å². The van der Waals surface area contributed by atoms with Gasteiger partial charge in [0.25, 0.3) is 11.6 Å². The number of rotatable bonds is 6. The Bertz CT molecular complexity index is 1850. The number of benzene rings is 2. The Morgan fingerprint density at radius 2 is 1.72 bits per heavy atom. The first kappa shape index (κ1) is 33.2. The number of urea groups is 1. The summed E-state index contributed by atoms with van der Waals surface area (Å²) in [5.41, 5.74) is 0.692. The number of carbonyl (C=O) groups is 4. The van der Waals surface area contributed by atoms with Crippen molar-refractivity contribution >= 4 is 57.9 Å². The van der Waals surface area contributed by atoms with Gasteiger partial charge >= 0.3 is 6.03 Å². The molecule has 0 unspecified atom stereocenters. The second-order valence-electron chi connectivity index (χ2n) is 12.0. The lowest BCUT2D eigenvalue weighted by molar-refractivity contribution is -0.383. The maximum absolute atomic E-state index is 14.2. The minimum Gasteiger partial charge on any atom is -0.510 e. The zero-order valence-corrected chi connectivity index (χ0v) is 26.2. The fraction of sp³-hybridized carbons (Fsp3) is 0.333. The van der Waals surface area contributed by atoms with Crippen LogP contribution in [0.1, 0.15) is 22.3 Å². The van der Waals surface area contributed by atoms with Gasteiger partial charge in [-0.25, -0.2) is 4.79 Å². The van der Waals surface area contributed by atoms with E-state index in [9.17, 15) is 49.7 Å². The summed E-state index contributed by atoms with van der Waals surface area (Å²) in [6, 6.07) is 2.82. The van der Waals surface area contributed by atoms with Crippen molar-refractivity contribution in [1.29, 1.82) is 0 Å². The largest absolute Gasteiger partial charge is 0.510 e. The van der Waals surface area contributed by atoms with Crippen LogP contribution in [0.15, 0.2) is 46.9 Å². The molecule has 3 aliphatic rings. The van der Waals surface area contributed by atoms with Crippen LogP contribution in [0.3, 0.4) is 0 Å². The Morgan fingerprint density at radius 3 is 2.30 bits per heavy atom. The number of nitrogens with one attached hydrogen (secondary N) is 2. The number of ketones is 2. The van der Waals surface area contributed by atoms with Crippen molar-refractivity contribution < 1.29 is 44.5 Å². The van der Waals surface area contributed by atoms with Gasteiger partial charge in [-0.2, -0.15) is 0 Å². The Hall–Kier alpha value is -5.19. The minimum atomic E-state index is -2.81. The standard InChI is InChI=1S/C30H31ClN6O10/c1-35(2)17-10-16(34-29(44)33-15-6-5-12(31)9-18(15)37(46)47)23(38)20-13(17)7-11-8-14-22(36(3)4)25(40)21(28(32)43)27(42)30(14,45)26(41)19(11)24(20)39/h5-6,9-11,14,22,38,40-41,45H,7-8H2,1-4H3,(H2,32,43)(H2,33,34,44)/t11-,14-,22-,30-/m0/s1. The molecule has 2 aromatic rings. The van der Waals surface area contributed by atoms with Gasteiger partial charge in [0.15, 0.2) is 17.1 Å². The van der Waals surface area contributed by atoms with E-state index in [1.54, 1.807) is 19.0 Å². The van der Waals surface area contributed by atoms with Crippen molar-refractivity contribution in [3.63, 3.8) is 0 Å². The molecule has 17 heteroatoms. The van der Waals surface area contributed by atoms with Gasteiger partial charge in [-0.3, -0.25) is 29.4 Å². The molecule has 0 heterocycles. The fourth-order valence-corrected chi connectivity index (χ4v) is 7.00. The third kappa shape index (κ3) is 5.10. The highest BCUT2D eigenvalue weighted by molar-refractivity contribution is 6.31. The zero-order chi connectivity index (χ0) is 34.9. The van der Waals surface area contributed by atoms with Gasteiger partial charge in [0.05, 0.1) is 22.2 Å². The number of hydrogen-bond acceptors (Lipinski definition) is 12. The molecule has 8 N–H and O–H groups in total. The molecule has 4 atom stereocenters. The number of nitro benzene ring substituents is 1. The van der Waals surface area contributed by atoms with Crippen molar-refractivity contribution in [3.05, 3.63) is 73.2 Å². The van der Waals surface area contributed by atoms with Crippen molar-refractivity contribution in [2.75, 3.05) is 43.7 Å². The van der Waals surface area contributed by atoms with Crippen LogP contribution in [-0.2, 0) is 16.0 Å². The number of phenols is 1. The lowest BCUT2D eigenvalue weighted by Gasteiger charge is -2.50. The van der Waals surface area contributed by atoms with Crippen molar-refractivity contribution in [1.82, 2.24) is 4.90 Å². The van der Waals surface area contributed by atoms with Gasteiger partial charge in [-0.1, -0.05) is 11.6 Å². The van der Waals surface area contributed by atoms with Crippen LogP contribution in [0.2, 0.25) is 5.02 Å². The number of hydrogen-bond donors (Lipinski definition) is 7. The SMILES string of the molecule is CN(C)c1cc(NC(=O)Nc2ccc(Cl)cc2[N+](=O)[O-])c(O)c2c1C[C@H]1C[C@H]3[C@H](N(C)C)C(O)=C(C(N)=O)C(=O)[C@@]3(O)C(O)=C1C2=O. The van der Waals surface area contributed by atoms with Gasteiger partial charge in [-0.15, -0.1) is 0 Å². The molecule has 0 aromatic heterocycles. The summed E-state index contributed by atoms with van der Waals surface area (Å²) in [7, 11) is 6.36. The maximum atomic E-state index is 14.2. The lowest BCUT2D eigenvalue weighted by atomic mass is 9.58. The van der Waals surface area contributed by atoms with E-state index in [1.807, 2.05) is 0 Å². The second kappa shape index (κ2) is 11.6. The first-order valence-corrected chi connectivity index (χ1v) is 14.5. The summed E-state index contributed by atoms with van der Waals surface area (Å²) in [4.78, 5) is 66.6. The molecule has 3 aliphatic carbocycles. The predicted octanol–water partition coefficient (Wildman–Crippen LogP) is 2.39. The van der Waals surface area contributed by atoms with Crippen LogP contribution in [0, 0.1) is 22.0 Å². The zero-order valence-electron chi connectivity index (χ0n) is 25.5. The number of nitrogens with zero attached hydrogens (tertiary/aromatic N) is 3. The second-order valence-corrected chi connectivity index (χ2v) is 12.4. The van der Waals surface area contributed by atoms with Gasteiger partial charge in [0, 0.05) is 42.4 Å². The van der Waals surface area contributed by atoms with Crippen molar-refractivity contribution in [2.45, 2.75) is 24.5 Å². The molecule has 248 valence electrons. The number of aliphatic hydroxyl groups is 3. The number of nitrogens with two attached hydrogens (primary N) is 1. The summed E-state index contributed by atoms with van der Waals surface area (Å²) in [6.45, 7) is 0. The average molecular weight is 671 g/mol. The number of primary amides is 1. The molecule has 3 amide bonds. The number of aromatic hydroxyl groups is 1. The highest BCUT2D eigenvalue weighted by Gasteiger charge is 2.63. The highest BCUT2D eigenvalue weighted by atomic mass is 35.5. The summed E-state index contributed by atoms with van der Waals surface area (Å²) in [5.74, 6) is -8.06. The molecule has 47 heavy (non-hydrogen) atoms. The Morgan fingerprint density at radius 1 is 1.09 bits per heavy atom. The minimum absolute atomic E-state index is 0.0268. The smallest absolute Gasteiger partial charge is 0.323 e. The number of likely N-dealkylation sites (N-methyl/N-ethyl adjacent to an activating group) is 1. The number of amides is 3. The number of nitro groups is 1. The van der Waals surface area contributed by atoms with Gasteiger partial charge in [-0.05, 0) is 56.6 Å². The van der Waals surface area contributed by atoms with Crippen LogP contribution in [-0.4, -0.2) is 93.6 Å². The van der Waals surface area contributed by atoms with E-state index in [-0.39, 0.29) is 40.4 Å². The molecular weight excluding hydrogens is 640 g/mol. The number of anilines is 3. The maximum Gasteiger partial charge on any atom is 0.323 e. The van der Waals surface area contributed by atoms with Crippen LogP contribution in [0.5, 0.6) is 5.75 Å². The molecule has 0 radical (unpaired) electrons. The number of aliphatic hydroxyl groups excluding tert-OH is 2. The van der Waals surface area contributed by atoms with E-state index >= 15 is 0 Å². The number of fused-ring (bicyclic) bond motifs is 3. The number of halogens is 1. The Kier molecular flexibility index (Phi) is 8.16. The fourth-order valence-electron chi connectivity index (χ4n) is 6.83. The van der Waals surface area contributed by atoms with E-state index in [2.05, 4.69) is 10.6 Å². The van der Waals surface area contributed by atoms with Gasteiger partial charge < -0.3 is 41.7 Å². The normalized spacial score (nSPS) is 23.6. The lowest BCUT2D eigenvalue weighted by Crippen LogP contribution is -2.63. The molecule has 16 nitrogen and oxygen atoms in total. The number of phenolic OH excluding ortho intramolecular Hbond substituents is 1. The molecule has 0 saturated heterocycles. The van der Waals surface area contributed by atoms with Crippen LogP contribution in [0.25, 0.3) is 0 Å². The van der Waals surface area contributed by atoms with Crippen LogP contribution in [0.4, 0.5) is 27.5 Å². The molecule has 0 fully saturated rings. The highest BCUT2D eigenvalue weighted by Crippen LogP contribution is 2.54. The summed E-state index contributed by atoms with van der Waals surface area (Å²) in [6.07, 6.45) is -0.0687. The van der Waals surface area contributed by atoms with Gasteiger partial charge in [0.2, 0.25) is 5.78 Å². The summed E-state index contributed by atoms with van der Waals surface area (Å²) < 4.78 is 0. The van der Waals surface area contributed by atoms with E-state index < -0.39 is 80.4 Å². The topological polar surface area (TPSA) is 249 Å². The van der Waals surface area contributed by atoms with E-state index in [0.717, 1.165) is 6.07 Å². The molecule has 0 bridgehead atoms. The van der Waals surface area contributed by atoms with E-state index in [4.69, 9.17) is 17.3 Å². The summed E-state index contributed by atoms with van der Waals surface area (Å²) in [5, 5.41) is 61.8. The molecule has 0 spiro atoms. The third-order valence-corrected chi connectivity index (χ3v) is 9.07. The molecule has 0 saturated carbocycles. The molecule has 2 aromatic carbocycles. The van der Waals surface area contributed by atoms with Crippen molar-refractivity contribution in [3.8, 4) is 5.75 Å². The van der Waals surface area contributed by atoms with E-state index in [0.29, 0.717) is 11.3 Å². The molecular formula is C30H31ClN6O10. The van der Waals surface area contributed by atoms with Crippen LogP contribution < -0.4 is 21.3 Å². The first-order valence-electron chi connectivity index (χ1n) is 14.1. The van der Waals surface area contributed by atoms with E-state index in [1.165, 1.54) is 37.2 Å². The Labute approximate surface area is 271 Å². The first-order chi connectivity index (χ1) is 21.9. The Balaban J connectivity index is 1.61. The monoisotopic (exact) mass is 670 g/mol. The quantitative estimate of drug-likeness (QED) is 0.101. The molecule has 5 rings (SSSR count). The van der Waals surface area contributed by atoms with Crippen molar-refractivity contribution in [2.24, 2.45) is 17.6 Å². The third-order valence-electron chi connectivity index (χ3n) is 8.83. The average Bonchev–Trinajstić information content (AvgIpc) is 2.96. The predicted molar refractivity (Wildman–Crippen MR) is 169 cm³/mol. The van der Waals surface area contributed by atoms with Gasteiger partial charge in [0.1, 0.15) is 22.8 Å². The number of carbonyl (C=O) groups excluding carboxylic acids is 4.